The first-order valence-corrected chi connectivity index (χ1v) is 9.39. The number of benzene rings is 2. The van der Waals surface area contributed by atoms with Gasteiger partial charge < -0.3 is 4.67 Å². The van der Waals surface area contributed by atoms with E-state index >= 15 is 0 Å². The predicted octanol–water partition coefficient (Wildman–Crippen LogP) is 5.20. The van der Waals surface area contributed by atoms with E-state index in [9.17, 15) is 0 Å². The molecule has 3 nitrogen and oxygen atoms in total. The van der Waals surface area contributed by atoms with Gasteiger partial charge in [0.25, 0.3) is 0 Å². The molecule has 2 aromatic heterocycles. The Bertz CT molecular complexity index is 960. The lowest BCUT2D eigenvalue weighted by Gasteiger charge is -2.25. The Morgan fingerprint density at radius 3 is 2.08 bits per heavy atom. The van der Waals surface area contributed by atoms with E-state index in [-0.39, 0.29) is 0 Å². The standard InChI is InChI=1S/C22H18N3P/c1-2-10-19(11-3-1)25(26-22-14-5-7-16-24-22)20-12-8-9-18(17-20)21-13-4-6-15-23-21/h1-17,26H. The van der Waals surface area contributed by atoms with Crippen LogP contribution in [0.5, 0.6) is 0 Å². The molecule has 1 unspecified atom stereocenters. The summed E-state index contributed by atoms with van der Waals surface area (Å²) in [5.74, 6) is 0. The molecule has 0 aliphatic carbocycles. The highest BCUT2D eigenvalue weighted by Crippen LogP contribution is 2.37. The highest BCUT2D eigenvalue weighted by Gasteiger charge is 2.12. The molecule has 0 amide bonds. The summed E-state index contributed by atoms with van der Waals surface area (Å²) in [6.07, 6.45) is 3.67. The third-order valence-corrected chi connectivity index (χ3v) is 5.24. The number of aromatic nitrogens is 2. The molecule has 0 N–H and O–H groups in total. The Labute approximate surface area is 155 Å². The van der Waals surface area contributed by atoms with Crippen LogP contribution in [0.3, 0.4) is 0 Å². The van der Waals surface area contributed by atoms with Crippen LogP contribution in [0.25, 0.3) is 11.3 Å². The number of pyridine rings is 2. The average molecular weight is 355 g/mol. The molecule has 2 heterocycles. The lowest BCUT2D eigenvalue weighted by atomic mass is 10.1. The molecular formula is C22H18N3P. The number of rotatable bonds is 5. The minimum atomic E-state index is 0.406. The number of nitrogens with zero attached hydrogens (tertiary/aromatic N) is 3. The van der Waals surface area contributed by atoms with Crippen molar-refractivity contribution in [2.45, 2.75) is 0 Å². The van der Waals surface area contributed by atoms with Gasteiger partial charge in [-0.1, -0.05) is 42.5 Å². The second-order valence-electron chi connectivity index (χ2n) is 5.76. The Morgan fingerprint density at radius 1 is 0.615 bits per heavy atom. The van der Waals surface area contributed by atoms with Crippen LogP contribution in [0.4, 0.5) is 11.4 Å². The minimum absolute atomic E-state index is 0.406. The summed E-state index contributed by atoms with van der Waals surface area (Å²) in [5, 5.41) is 0. The molecule has 0 aliphatic rings. The first-order chi connectivity index (χ1) is 12.9. The first kappa shape index (κ1) is 16.4. The summed E-state index contributed by atoms with van der Waals surface area (Å²) >= 11 is 0. The van der Waals surface area contributed by atoms with Gasteiger partial charge in [0.2, 0.25) is 0 Å². The lowest BCUT2D eigenvalue weighted by Crippen LogP contribution is -2.12. The number of anilines is 2. The fourth-order valence-corrected chi connectivity index (χ4v) is 3.82. The minimum Gasteiger partial charge on any atom is -0.317 e. The quantitative estimate of drug-likeness (QED) is 0.461. The van der Waals surface area contributed by atoms with Crippen LogP contribution in [0.15, 0.2) is 103 Å². The third kappa shape index (κ3) is 3.79. The molecule has 0 bridgehead atoms. The van der Waals surface area contributed by atoms with E-state index in [4.69, 9.17) is 0 Å². The second kappa shape index (κ2) is 7.90. The molecule has 2 aromatic carbocycles. The first-order valence-electron chi connectivity index (χ1n) is 8.44. The van der Waals surface area contributed by atoms with E-state index in [2.05, 4.69) is 69.2 Å². The molecule has 1 atom stereocenters. The fraction of sp³-hybridized carbons (Fsp3) is 0. The van der Waals surface area contributed by atoms with E-state index in [1.165, 1.54) is 0 Å². The van der Waals surface area contributed by atoms with Crippen molar-refractivity contribution in [1.29, 1.82) is 0 Å². The number of hydrogen-bond acceptors (Lipinski definition) is 3. The van der Waals surface area contributed by atoms with Crippen molar-refractivity contribution in [3.8, 4) is 11.3 Å². The van der Waals surface area contributed by atoms with Crippen molar-refractivity contribution in [3.05, 3.63) is 103 Å². The van der Waals surface area contributed by atoms with E-state index in [1.807, 2.05) is 48.8 Å². The fourth-order valence-electron chi connectivity index (χ4n) is 2.74. The maximum absolute atomic E-state index is 4.51. The van der Waals surface area contributed by atoms with Crippen LogP contribution in [0.2, 0.25) is 0 Å². The molecule has 126 valence electrons. The number of para-hydroxylation sites is 1. The van der Waals surface area contributed by atoms with Gasteiger partial charge in [0, 0.05) is 38.1 Å². The van der Waals surface area contributed by atoms with Crippen LogP contribution in [-0.2, 0) is 0 Å². The van der Waals surface area contributed by atoms with Crippen molar-refractivity contribution in [1.82, 2.24) is 9.97 Å². The van der Waals surface area contributed by atoms with Crippen LogP contribution in [-0.4, -0.2) is 9.97 Å². The van der Waals surface area contributed by atoms with Crippen molar-refractivity contribution in [3.63, 3.8) is 0 Å². The molecule has 26 heavy (non-hydrogen) atoms. The van der Waals surface area contributed by atoms with E-state index in [1.54, 1.807) is 0 Å². The second-order valence-corrected chi connectivity index (χ2v) is 6.95. The van der Waals surface area contributed by atoms with Gasteiger partial charge in [-0.3, -0.25) is 9.97 Å². The van der Waals surface area contributed by atoms with Gasteiger partial charge in [-0.2, -0.15) is 0 Å². The van der Waals surface area contributed by atoms with Gasteiger partial charge in [-0.15, -0.1) is 0 Å². The van der Waals surface area contributed by atoms with Gasteiger partial charge in [0.15, 0.2) is 0 Å². The van der Waals surface area contributed by atoms with Crippen molar-refractivity contribution in [2.75, 3.05) is 4.67 Å². The summed E-state index contributed by atoms with van der Waals surface area (Å²) in [4.78, 5) is 8.99. The van der Waals surface area contributed by atoms with Gasteiger partial charge in [0.05, 0.1) is 11.1 Å². The molecule has 4 rings (SSSR count). The normalized spacial score (nSPS) is 10.9. The molecule has 4 aromatic rings. The Hall–Kier alpha value is -3.03. The maximum atomic E-state index is 4.51. The average Bonchev–Trinajstić information content (AvgIpc) is 2.74. The topological polar surface area (TPSA) is 29.0 Å². The zero-order valence-corrected chi connectivity index (χ0v) is 15.2. The highest BCUT2D eigenvalue weighted by molar-refractivity contribution is 7.49. The van der Waals surface area contributed by atoms with Crippen molar-refractivity contribution >= 4 is 25.5 Å². The summed E-state index contributed by atoms with van der Waals surface area (Å²) in [6, 6.07) is 30.9. The van der Waals surface area contributed by atoms with Crippen LogP contribution < -0.4 is 10.1 Å². The van der Waals surface area contributed by atoms with E-state index in [0.29, 0.717) is 8.73 Å². The van der Waals surface area contributed by atoms with Gasteiger partial charge in [0.1, 0.15) is 0 Å². The van der Waals surface area contributed by atoms with Gasteiger partial charge in [-0.25, -0.2) is 0 Å². The molecule has 4 heteroatoms. The van der Waals surface area contributed by atoms with Crippen molar-refractivity contribution in [2.24, 2.45) is 0 Å². The Balaban J connectivity index is 1.74. The molecule has 0 spiro atoms. The molecule has 0 aliphatic heterocycles. The van der Waals surface area contributed by atoms with Crippen LogP contribution in [0, 0.1) is 0 Å². The molecule has 0 saturated carbocycles. The summed E-state index contributed by atoms with van der Waals surface area (Å²) in [7, 11) is 0.406. The van der Waals surface area contributed by atoms with E-state index in [0.717, 1.165) is 28.1 Å². The SMILES string of the molecule is c1ccc(N(Pc2ccccn2)c2cccc(-c3ccccn3)c2)cc1. The third-order valence-electron chi connectivity index (χ3n) is 3.97. The summed E-state index contributed by atoms with van der Waals surface area (Å²) in [5.41, 5.74) is 5.41. The Kier molecular flexibility index (Phi) is 5.00. The summed E-state index contributed by atoms with van der Waals surface area (Å²) in [6.45, 7) is 0. The van der Waals surface area contributed by atoms with Crippen LogP contribution in [0.1, 0.15) is 0 Å². The summed E-state index contributed by atoms with van der Waals surface area (Å²) < 4.78 is 2.30. The monoisotopic (exact) mass is 355 g/mol. The predicted molar refractivity (Wildman–Crippen MR) is 110 cm³/mol. The molecule has 0 fully saturated rings. The zero-order valence-electron chi connectivity index (χ0n) is 14.2. The molecule has 0 radical (unpaired) electrons. The van der Waals surface area contributed by atoms with Crippen LogP contribution >= 0.6 is 8.73 Å². The lowest BCUT2D eigenvalue weighted by molar-refractivity contribution is 1.32. The van der Waals surface area contributed by atoms with E-state index < -0.39 is 0 Å². The maximum Gasteiger partial charge on any atom is 0.0811 e. The largest absolute Gasteiger partial charge is 0.317 e. The highest BCUT2D eigenvalue weighted by atomic mass is 31.1. The molecular weight excluding hydrogens is 337 g/mol. The van der Waals surface area contributed by atoms with Gasteiger partial charge in [-0.05, 0) is 48.5 Å². The van der Waals surface area contributed by atoms with Crippen molar-refractivity contribution < 1.29 is 0 Å². The Morgan fingerprint density at radius 2 is 1.35 bits per heavy atom. The molecule has 0 saturated heterocycles. The zero-order chi connectivity index (χ0) is 17.6. The van der Waals surface area contributed by atoms with Gasteiger partial charge >= 0.3 is 0 Å². The smallest absolute Gasteiger partial charge is 0.0811 e. The number of hydrogen-bond donors (Lipinski definition) is 0.